The molecule has 0 bridgehead atoms. The number of aromatic amines is 1. The van der Waals surface area contributed by atoms with Crippen molar-refractivity contribution in [2.75, 3.05) is 0 Å². The number of halogens is 1. The largest absolute Gasteiger partial charge is 0.324 e. The van der Waals surface area contributed by atoms with Crippen molar-refractivity contribution in [1.82, 2.24) is 9.97 Å². The second-order valence-corrected chi connectivity index (χ2v) is 3.72. The van der Waals surface area contributed by atoms with Crippen molar-refractivity contribution >= 4 is 11.6 Å². The Balaban J connectivity index is 2.48. The first kappa shape index (κ1) is 10.9. The van der Waals surface area contributed by atoms with E-state index < -0.39 is 0 Å². The van der Waals surface area contributed by atoms with Crippen molar-refractivity contribution in [1.29, 1.82) is 0 Å². The van der Waals surface area contributed by atoms with Crippen molar-refractivity contribution in [2.24, 2.45) is 5.73 Å². The molecule has 0 amide bonds. The van der Waals surface area contributed by atoms with E-state index in [2.05, 4.69) is 9.97 Å². The zero-order chi connectivity index (χ0) is 11.5. The highest BCUT2D eigenvalue weighted by atomic mass is 35.5. The molecule has 1 heterocycles. The van der Waals surface area contributed by atoms with Crippen LogP contribution in [0.15, 0.2) is 35.3 Å². The Morgan fingerprint density at radius 2 is 2.00 bits per heavy atom. The molecule has 0 saturated heterocycles. The third kappa shape index (κ3) is 2.13. The van der Waals surface area contributed by atoms with E-state index in [9.17, 15) is 4.79 Å². The second kappa shape index (κ2) is 4.47. The highest BCUT2D eigenvalue weighted by Crippen LogP contribution is 2.17. The molecule has 5 heteroatoms. The van der Waals surface area contributed by atoms with Gasteiger partial charge in [-0.3, -0.25) is 4.79 Å². The van der Waals surface area contributed by atoms with Crippen molar-refractivity contribution in [2.45, 2.75) is 6.54 Å². The number of aromatic nitrogens is 2. The first-order chi connectivity index (χ1) is 7.70. The summed E-state index contributed by atoms with van der Waals surface area (Å²) in [7, 11) is 0. The van der Waals surface area contributed by atoms with Gasteiger partial charge in [0.15, 0.2) is 0 Å². The van der Waals surface area contributed by atoms with Crippen LogP contribution in [0.5, 0.6) is 0 Å². The van der Waals surface area contributed by atoms with Gasteiger partial charge < -0.3 is 10.7 Å². The van der Waals surface area contributed by atoms with Gasteiger partial charge in [0.25, 0.3) is 5.56 Å². The average Bonchev–Trinajstić information content (AvgIpc) is 2.30. The topological polar surface area (TPSA) is 71.8 Å². The van der Waals surface area contributed by atoms with E-state index in [-0.39, 0.29) is 12.1 Å². The molecule has 0 fully saturated rings. The van der Waals surface area contributed by atoms with E-state index in [4.69, 9.17) is 17.3 Å². The van der Waals surface area contributed by atoms with Crippen molar-refractivity contribution in [3.05, 3.63) is 51.7 Å². The van der Waals surface area contributed by atoms with Gasteiger partial charge in [-0.1, -0.05) is 23.7 Å². The smallest absolute Gasteiger partial charge is 0.258 e. The van der Waals surface area contributed by atoms with Gasteiger partial charge >= 0.3 is 0 Å². The van der Waals surface area contributed by atoms with E-state index in [0.717, 1.165) is 5.56 Å². The predicted molar refractivity (Wildman–Crippen MR) is 63.2 cm³/mol. The number of rotatable bonds is 2. The van der Waals surface area contributed by atoms with Gasteiger partial charge in [0.05, 0.1) is 12.1 Å². The van der Waals surface area contributed by atoms with Gasteiger partial charge in [-0.25, -0.2) is 4.98 Å². The third-order valence-electron chi connectivity index (χ3n) is 2.20. The van der Waals surface area contributed by atoms with E-state index in [1.807, 2.05) is 0 Å². The number of hydrogen-bond donors (Lipinski definition) is 2. The lowest BCUT2D eigenvalue weighted by atomic mass is 10.1. The summed E-state index contributed by atoms with van der Waals surface area (Å²) in [6, 6.07) is 7.01. The third-order valence-corrected chi connectivity index (χ3v) is 2.45. The van der Waals surface area contributed by atoms with E-state index in [1.165, 1.54) is 6.20 Å². The number of nitrogens with two attached hydrogens (primary N) is 1. The molecule has 82 valence electrons. The fourth-order valence-corrected chi connectivity index (χ4v) is 1.50. The van der Waals surface area contributed by atoms with Gasteiger partial charge in [0, 0.05) is 11.2 Å². The maximum atomic E-state index is 11.7. The molecule has 4 nitrogen and oxygen atoms in total. The van der Waals surface area contributed by atoms with E-state index in [0.29, 0.717) is 16.4 Å². The highest BCUT2D eigenvalue weighted by molar-refractivity contribution is 6.30. The summed E-state index contributed by atoms with van der Waals surface area (Å²) >= 11 is 5.77. The molecule has 0 atom stereocenters. The number of benzene rings is 1. The standard InChI is InChI=1S/C11H10ClN3O/c12-8-3-1-7(2-4-8)9-6-14-10(5-13)15-11(9)16/h1-4,6H,5,13H2,(H,14,15,16). The molecule has 2 aromatic rings. The van der Waals surface area contributed by atoms with Crippen molar-refractivity contribution < 1.29 is 0 Å². The Bertz CT molecular complexity index is 548. The lowest BCUT2D eigenvalue weighted by Gasteiger charge is -2.01. The van der Waals surface area contributed by atoms with Gasteiger partial charge in [-0.2, -0.15) is 0 Å². The quantitative estimate of drug-likeness (QED) is 0.830. The van der Waals surface area contributed by atoms with Crippen LogP contribution in [0.2, 0.25) is 5.02 Å². The number of nitrogens with zero attached hydrogens (tertiary/aromatic N) is 1. The Kier molecular flexibility index (Phi) is 3.03. The molecule has 1 aromatic carbocycles. The molecule has 0 aliphatic carbocycles. The lowest BCUT2D eigenvalue weighted by molar-refractivity contribution is 0.895. The van der Waals surface area contributed by atoms with Gasteiger partial charge in [-0.05, 0) is 17.7 Å². The van der Waals surface area contributed by atoms with Gasteiger partial charge in [0.2, 0.25) is 0 Å². The number of nitrogens with one attached hydrogen (secondary N) is 1. The molecule has 0 aliphatic rings. The minimum absolute atomic E-state index is 0.197. The fraction of sp³-hybridized carbons (Fsp3) is 0.0909. The number of hydrogen-bond acceptors (Lipinski definition) is 3. The Labute approximate surface area is 97.1 Å². The summed E-state index contributed by atoms with van der Waals surface area (Å²) in [4.78, 5) is 18.4. The predicted octanol–water partition coefficient (Wildman–Crippen LogP) is 1.55. The first-order valence-electron chi connectivity index (χ1n) is 4.75. The molecule has 1 aromatic heterocycles. The molecular formula is C11H10ClN3O. The van der Waals surface area contributed by atoms with Crippen LogP contribution in [0.25, 0.3) is 11.1 Å². The minimum Gasteiger partial charge on any atom is -0.324 e. The molecule has 0 saturated carbocycles. The van der Waals surface area contributed by atoms with Crippen LogP contribution in [0, 0.1) is 0 Å². The minimum atomic E-state index is -0.197. The van der Waals surface area contributed by atoms with Crippen LogP contribution in [-0.4, -0.2) is 9.97 Å². The summed E-state index contributed by atoms with van der Waals surface area (Å²) in [6.45, 7) is 0.218. The highest BCUT2D eigenvalue weighted by Gasteiger charge is 2.04. The van der Waals surface area contributed by atoms with E-state index in [1.54, 1.807) is 24.3 Å². The summed E-state index contributed by atoms with van der Waals surface area (Å²) in [5.41, 5.74) is 6.47. The fourth-order valence-electron chi connectivity index (χ4n) is 1.37. The van der Waals surface area contributed by atoms with E-state index >= 15 is 0 Å². The Morgan fingerprint density at radius 3 is 2.56 bits per heavy atom. The maximum absolute atomic E-state index is 11.7. The molecule has 16 heavy (non-hydrogen) atoms. The normalized spacial score (nSPS) is 10.4. The van der Waals surface area contributed by atoms with Crippen LogP contribution in [-0.2, 0) is 6.54 Å². The zero-order valence-electron chi connectivity index (χ0n) is 8.40. The number of H-pyrrole nitrogens is 1. The van der Waals surface area contributed by atoms with Crippen LogP contribution in [0.3, 0.4) is 0 Å². The van der Waals surface area contributed by atoms with Crippen molar-refractivity contribution in [3.8, 4) is 11.1 Å². The monoisotopic (exact) mass is 235 g/mol. The van der Waals surface area contributed by atoms with Gasteiger partial charge in [-0.15, -0.1) is 0 Å². The lowest BCUT2D eigenvalue weighted by Crippen LogP contribution is -2.15. The SMILES string of the molecule is NCc1ncc(-c2ccc(Cl)cc2)c(=O)[nH]1. The second-order valence-electron chi connectivity index (χ2n) is 3.28. The summed E-state index contributed by atoms with van der Waals surface area (Å²) < 4.78 is 0. The first-order valence-corrected chi connectivity index (χ1v) is 5.12. The zero-order valence-corrected chi connectivity index (χ0v) is 9.16. The summed E-state index contributed by atoms with van der Waals surface area (Å²) in [6.07, 6.45) is 1.52. The maximum Gasteiger partial charge on any atom is 0.258 e. The summed E-state index contributed by atoms with van der Waals surface area (Å²) in [5.74, 6) is 0.475. The van der Waals surface area contributed by atoms with Crippen LogP contribution in [0.4, 0.5) is 0 Å². The van der Waals surface area contributed by atoms with Crippen molar-refractivity contribution in [3.63, 3.8) is 0 Å². The van der Waals surface area contributed by atoms with Crippen LogP contribution in [0.1, 0.15) is 5.82 Å². The molecule has 0 aliphatic heterocycles. The van der Waals surface area contributed by atoms with Crippen LogP contribution < -0.4 is 11.3 Å². The van der Waals surface area contributed by atoms with Crippen LogP contribution >= 0.6 is 11.6 Å². The average molecular weight is 236 g/mol. The molecule has 0 radical (unpaired) electrons. The molecular weight excluding hydrogens is 226 g/mol. The Hall–Kier alpha value is -1.65. The molecule has 2 rings (SSSR count). The molecule has 3 N–H and O–H groups in total. The molecule has 0 unspecified atom stereocenters. The van der Waals surface area contributed by atoms with Gasteiger partial charge in [0.1, 0.15) is 5.82 Å². The Morgan fingerprint density at radius 1 is 1.31 bits per heavy atom. The summed E-state index contributed by atoms with van der Waals surface area (Å²) in [5, 5.41) is 0.631. The molecule has 0 spiro atoms.